The topological polar surface area (TPSA) is 61.8 Å². The number of hydrogen-bond acceptors (Lipinski definition) is 5. The van der Waals surface area contributed by atoms with Gasteiger partial charge >= 0.3 is 18.3 Å². The van der Waals surface area contributed by atoms with Gasteiger partial charge in [-0.3, -0.25) is 0 Å². The molecule has 0 spiro atoms. The first-order chi connectivity index (χ1) is 21.7. The van der Waals surface area contributed by atoms with Crippen LogP contribution in [-0.4, -0.2) is 31.0 Å². The fraction of sp³-hybridized carbons (Fsp3) is 0.459. The molecule has 0 saturated carbocycles. The highest BCUT2D eigenvalue weighted by atomic mass is 19.4. The fourth-order valence-corrected chi connectivity index (χ4v) is 5.08. The van der Waals surface area contributed by atoms with Crippen LogP contribution in [0.25, 0.3) is 22.3 Å². The molecule has 0 fully saturated rings. The average Bonchev–Trinajstić information content (AvgIpc) is 3.03. The summed E-state index contributed by atoms with van der Waals surface area (Å²) in [6.45, 7) is 4.82. The minimum atomic E-state index is -4.76. The molecule has 244 valence electrons. The molecule has 3 rings (SSSR count). The van der Waals surface area contributed by atoms with Crippen molar-refractivity contribution in [1.29, 1.82) is 0 Å². The third kappa shape index (κ3) is 12.2. The van der Waals surface area contributed by atoms with E-state index in [0.29, 0.717) is 18.6 Å². The van der Waals surface area contributed by atoms with Crippen molar-refractivity contribution in [2.75, 3.05) is 6.61 Å². The number of ether oxygens (including phenoxy) is 3. The summed E-state index contributed by atoms with van der Waals surface area (Å²) in [5.41, 5.74) is 3.22. The van der Waals surface area contributed by atoms with Gasteiger partial charge in [0.2, 0.25) is 6.10 Å². The molecule has 45 heavy (non-hydrogen) atoms. The molecule has 5 nitrogen and oxygen atoms in total. The largest absolute Gasteiger partial charge is 0.517 e. The van der Waals surface area contributed by atoms with Gasteiger partial charge in [-0.15, -0.1) is 0 Å². The van der Waals surface area contributed by atoms with Crippen molar-refractivity contribution in [2.24, 2.45) is 0 Å². The van der Waals surface area contributed by atoms with Gasteiger partial charge in [-0.05, 0) is 65.8 Å². The van der Waals surface area contributed by atoms with Crippen molar-refractivity contribution < 1.29 is 37.0 Å². The summed E-state index contributed by atoms with van der Waals surface area (Å²) in [5.74, 6) is -0.322. The zero-order valence-corrected chi connectivity index (χ0v) is 26.4. The third-order valence-corrected chi connectivity index (χ3v) is 7.62. The number of esters is 1. The molecule has 0 heterocycles. The van der Waals surface area contributed by atoms with Gasteiger partial charge in [0.05, 0.1) is 12.2 Å². The Morgan fingerprint density at radius 2 is 1.29 bits per heavy atom. The number of unbranched alkanes of at least 4 members (excludes halogenated alkanes) is 9. The molecule has 1 atom stereocenters. The molecule has 0 aromatic heterocycles. The highest BCUT2D eigenvalue weighted by Crippen LogP contribution is 2.34. The Bertz CT molecular complexity index is 1310. The lowest BCUT2D eigenvalue weighted by Gasteiger charge is -2.20. The van der Waals surface area contributed by atoms with E-state index in [-0.39, 0.29) is 18.4 Å². The van der Waals surface area contributed by atoms with Crippen LogP contribution in [0.3, 0.4) is 0 Å². The first-order valence-electron chi connectivity index (χ1n) is 16.1. The summed E-state index contributed by atoms with van der Waals surface area (Å²) in [4.78, 5) is 25.1. The first-order valence-corrected chi connectivity index (χ1v) is 16.1. The van der Waals surface area contributed by atoms with E-state index in [0.717, 1.165) is 48.1 Å². The van der Waals surface area contributed by atoms with Crippen molar-refractivity contribution >= 4 is 12.1 Å². The molecule has 8 heteroatoms. The van der Waals surface area contributed by atoms with Crippen LogP contribution in [0.5, 0.6) is 5.75 Å². The SMILES string of the molecule is CCCCCCCCCOc1ccc(-c2ccc(C(=O)OC(=O)OC(CCCCCC)C(F)(F)F)cc2-c2ccccc2)cc1. The van der Waals surface area contributed by atoms with E-state index in [4.69, 9.17) is 9.47 Å². The molecule has 0 aliphatic rings. The van der Waals surface area contributed by atoms with Crippen LogP contribution >= 0.6 is 0 Å². The smallest absolute Gasteiger partial charge is 0.494 e. The Hall–Kier alpha value is -3.81. The standard InChI is InChI=1S/C37H45F3O5/c1-3-5-7-9-10-11-16-26-43-31-23-20-29(21-24-31)32-25-22-30(27-33(32)28-17-13-12-14-18-28)35(41)45-36(42)44-34(37(38,39)40)19-15-8-6-4-2/h12-14,17-18,20-25,27,34H,3-11,15-16,19,26H2,1-2H3. The van der Waals surface area contributed by atoms with E-state index in [1.807, 2.05) is 61.5 Å². The summed E-state index contributed by atoms with van der Waals surface area (Å²) in [6.07, 6.45) is 1.80. The molecular formula is C37H45F3O5. The van der Waals surface area contributed by atoms with Crippen molar-refractivity contribution in [3.05, 3.63) is 78.4 Å². The van der Waals surface area contributed by atoms with Gasteiger partial charge in [-0.2, -0.15) is 13.2 Å². The second kappa shape index (κ2) is 18.9. The van der Waals surface area contributed by atoms with Crippen molar-refractivity contribution in [2.45, 2.75) is 103 Å². The van der Waals surface area contributed by atoms with Gasteiger partial charge in [0.1, 0.15) is 5.75 Å². The molecule has 0 radical (unpaired) electrons. The maximum absolute atomic E-state index is 13.4. The summed E-state index contributed by atoms with van der Waals surface area (Å²) in [7, 11) is 0. The van der Waals surface area contributed by atoms with Crippen molar-refractivity contribution in [3.8, 4) is 28.0 Å². The van der Waals surface area contributed by atoms with E-state index < -0.39 is 24.4 Å². The zero-order chi connectivity index (χ0) is 32.5. The van der Waals surface area contributed by atoms with Gasteiger partial charge < -0.3 is 14.2 Å². The summed E-state index contributed by atoms with van der Waals surface area (Å²) >= 11 is 0. The Kier molecular flexibility index (Phi) is 15.0. The minimum Gasteiger partial charge on any atom is -0.494 e. The summed E-state index contributed by atoms with van der Waals surface area (Å²) in [6, 6.07) is 21.8. The number of alkyl halides is 3. The van der Waals surface area contributed by atoms with Crippen LogP contribution in [0, 0.1) is 0 Å². The van der Waals surface area contributed by atoms with E-state index in [9.17, 15) is 22.8 Å². The molecule has 0 amide bonds. The minimum absolute atomic E-state index is 0.00991. The predicted octanol–water partition coefficient (Wildman–Crippen LogP) is 11.3. The molecule has 0 aliphatic heterocycles. The summed E-state index contributed by atoms with van der Waals surface area (Å²) in [5, 5.41) is 0. The van der Waals surface area contributed by atoms with E-state index >= 15 is 0 Å². The molecule has 0 bridgehead atoms. The van der Waals surface area contributed by atoms with E-state index in [1.165, 1.54) is 38.2 Å². The number of carbonyl (C=O) groups is 2. The van der Waals surface area contributed by atoms with E-state index in [1.54, 1.807) is 12.1 Å². The number of halogens is 3. The Morgan fingerprint density at radius 3 is 1.93 bits per heavy atom. The third-order valence-electron chi connectivity index (χ3n) is 7.62. The Balaban J connectivity index is 1.68. The fourth-order valence-electron chi connectivity index (χ4n) is 5.08. The van der Waals surface area contributed by atoms with Crippen LogP contribution in [0.2, 0.25) is 0 Å². The molecule has 3 aromatic rings. The van der Waals surface area contributed by atoms with Crippen LogP contribution in [0.1, 0.15) is 101 Å². The van der Waals surface area contributed by atoms with Crippen LogP contribution in [0.15, 0.2) is 72.8 Å². The van der Waals surface area contributed by atoms with Crippen LogP contribution in [-0.2, 0) is 9.47 Å². The number of rotatable bonds is 18. The first kappa shape index (κ1) is 35.7. The van der Waals surface area contributed by atoms with Gasteiger partial charge in [0.25, 0.3) is 0 Å². The summed E-state index contributed by atoms with van der Waals surface area (Å²) < 4.78 is 55.5. The van der Waals surface area contributed by atoms with Gasteiger partial charge in [0.15, 0.2) is 0 Å². The predicted molar refractivity (Wildman–Crippen MR) is 171 cm³/mol. The maximum Gasteiger partial charge on any atom is 0.517 e. The second-order valence-electron chi connectivity index (χ2n) is 11.3. The van der Waals surface area contributed by atoms with Crippen molar-refractivity contribution in [1.82, 2.24) is 0 Å². The van der Waals surface area contributed by atoms with Gasteiger partial charge in [0, 0.05) is 0 Å². The molecular weight excluding hydrogens is 581 g/mol. The van der Waals surface area contributed by atoms with E-state index in [2.05, 4.69) is 11.7 Å². The average molecular weight is 627 g/mol. The highest BCUT2D eigenvalue weighted by molar-refractivity contribution is 5.98. The molecule has 0 aliphatic carbocycles. The number of benzene rings is 3. The number of hydrogen-bond donors (Lipinski definition) is 0. The van der Waals surface area contributed by atoms with Crippen molar-refractivity contribution in [3.63, 3.8) is 0 Å². The molecule has 1 unspecified atom stereocenters. The lowest BCUT2D eigenvalue weighted by atomic mass is 9.93. The highest BCUT2D eigenvalue weighted by Gasteiger charge is 2.43. The normalized spacial score (nSPS) is 12.0. The van der Waals surface area contributed by atoms with Crippen LogP contribution in [0.4, 0.5) is 18.0 Å². The Labute approximate surface area is 265 Å². The quantitative estimate of drug-likeness (QED) is 0.0798. The van der Waals surface area contributed by atoms with Gasteiger partial charge in [-0.1, -0.05) is 120 Å². The zero-order valence-electron chi connectivity index (χ0n) is 26.4. The monoisotopic (exact) mass is 626 g/mol. The number of carbonyl (C=O) groups excluding carboxylic acids is 2. The Morgan fingerprint density at radius 1 is 0.689 bits per heavy atom. The maximum atomic E-state index is 13.4. The van der Waals surface area contributed by atoms with Gasteiger partial charge in [-0.25, -0.2) is 9.59 Å². The molecule has 3 aromatic carbocycles. The molecule has 0 saturated heterocycles. The lowest BCUT2D eigenvalue weighted by molar-refractivity contribution is -0.209. The van der Waals surface area contributed by atoms with Crippen LogP contribution < -0.4 is 4.74 Å². The lowest BCUT2D eigenvalue weighted by Crippen LogP contribution is -2.34. The molecule has 0 N–H and O–H groups in total. The second-order valence-corrected chi connectivity index (χ2v) is 11.3.